The molecular formula is C29H30N6OS3. The second kappa shape index (κ2) is 11.0. The van der Waals surface area contributed by atoms with Gasteiger partial charge in [0.1, 0.15) is 17.0 Å². The van der Waals surface area contributed by atoms with Crippen LogP contribution in [0.25, 0.3) is 6.08 Å². The van der Waals surface area contributed by atoms with Crippen LogP contribution < -0.4 is 19.4 Å². The van der Waals surface area contributed by atoms with Crippen molar-refractivity contribution in [1.29, 1.82) is 0 Å². The van der Waals surface area contributed by atoms with E-state index in [1.165, 1.54) is 16.8 Å². The standard InChI is InChI=1S/C29H30N6OS3/c1-3-34-24(27(36)35(4-2)29(34)37)15-22-16-25-26(38-22)32-28(39-25)31-18-30-21-10-11-23-20(14-21)12-13-33(23)17-19-8-6-5-7-9-19/h5-11,14-16,30,36H,3-4,12-13,17-18H2,1-2H3. The van der Waals surface area contributed by atoms with Crippen LogP contribution in [-0.2, 0) is 26.1 Å². The van der Waals surface area contributed by atoms with E-state index in [0.29, 0.717) is 24.5 Å². The summed E-state index contributed by atoms with van der Waals surface area (Å²) in [6.45, 7) is 7.82. The van der Waals surface area contributed by atoms with Gasteiger partial charge in [-0.05, 0) is 85.7 Å². The second-order valence-corrected chi connectivity index (χ2v) is 11.9. The number of nitrogens with zero attached hydrogens (tertiary/aromatic N) is 5. The number of hydrogen-bond acceptors (Lipinski definition) is 7. The van der Waals surface area contributed by atoms with Crippen LogP contribution in [0, 0.1) is 4.77 Å². The molecule has 6 rings (SSSR count). The molecule has 0 fully saturated rings. The number of aromatic nitrogens is 2. The number of aliphatic imine (C=N–C) groups is 1. The zero-order chi connectivity index (χ0) is 26.9. The molecule has 0 bridgehead atoms. The molecule has 4 heterocycles. The SMILES string of the molecule is CCn1c(O)c(C=c2cc3c(s2)=NC(=NCNc2ccc4c(c2)CCN4Cc2ccccc2)S3)n(CC)c1=S. The second-order valence-electron chi connectivity index (χ2n) is 9.43. The fourth-order valence-electron chi connectivity index (χ4n) is 5.09. The van der Waals surface area contributed by atoms with E-state index in [1.807, 2.05) is 24.5 Å². The van der Waals surface area contributed by atoms with E-state index in [-0.39, 0.29) is 5.88 Å². The number of nitrogens with one attached hydrogen (secondary N) is 1. The maximum absolute atomic E-state index is 10.7. The number of thiophene rings is 1. The summed E-state index contributed by atoms with van der Waals surface area (Å²) >= 11 is 8.71. The number of rotatable bonds is 8. The number of imidazole rings is 1. The maximum Gasteiger partial charge on any atom is 0.217 e. The van der Waals surface area contributed by atoms with Crippen molar-refractivity contribution < 1.29 is 5.11 Å². The highest BCUT2D eigenvalue weighted by Gasteiger charge is 2.20. The molecule has 7 nitrogen and oxygen atoms in total. The van der Waals surface area contributed by atoms with Crippen molar-refractivity contribution in [1.82, 2.24) is 9.13 Å². The molecular weight excluding hydrogens is 545 g/mol. The third-order valence-corrected chi connectivity index (χ3v) is 9.51. The number of amidine groups is 1. The molecule has 10 heteroatoms. The summed E-state index contributed by atoms with van der Waals surface area (Å²) in [7, 11) is 0. The van der Waals surface area contributed by atoms with E-state index in [2.05, 4.69) is 69.8 Å². The lowest BCUT2D eigenvalue weighted by Gasteiger charge is -2.19. The molecule has 4 aromatic rings. The highest BCUT2D eigenvalue weighted by molar-refractivity contribution is 8.14. The van der Waals surface area contributed by atoms with E-state index in [0.717, 1.165) is 50.2 Å². The van der Waals surface area contributed by atoms with Crippen molar-refractivity contribution in [2.45, 2.75) is 44.8 Å². The smallest absolute Gasteiger partial charge is 0.217 e. The van der Waals surface area contributed by atoms with Crippen LogP contribution in [0.15, 0.2) is 69.5 Å². The first-order valence-corrected chi connectivity index (χ1v) is 15.2. The minimum Gasteiger partial charge on any atom is -0.493 e. The number of anilines is 2. The summed E-state index contributed by atoms with van der Waals surface area (Å²) in [6.07, 6.45) is 3.05. The topological polar surface area (TPSA) is 70.1 Å². The van der Waals surface area contributed by atoms with Gasteiger partial charge in [0, 0.05) is 42.1 Å². The minimum atomic E-state index is 0.214. The van der Waals surface area contributed by atoms with Crippen molar-refractivity contribution in [3.05, 3.63) is 85.4 Å². The van der Waals surface area contributed by atoms with Crippen LogP contribution in [0.5, 0.6) is 5.88 Å². The minimum absolute atomic E-state index is 0.214. The molecule has 0 atom stereocenters. The predicted molar refractivity (Wildman–Crippen MR) is 164 cm³/mol. The Bertz CT molecular complexity index is 1730. The molecule has 0 aliphatic carbocycles. The van der Waals surface area contributed by atoms with Gasteiger partial charge in [-0.3, -0.25) is 4.57 Å². The fourth-order valence-corrected chi connectivity index (χ4v) is 7.56. The van der Waals surface area contributed by atoms with E-state index in [4.69, 9.17) is 17.2 Å². The third kappa shape index (κ3) is 5.16. The molecule has 39 heavy (non-hydrogen) atoms. The number of benzene rings is 2. The van der Waals surface area contributed by atoms with Crippen LogP contribution in [0.4, 0.5) is 11.4 Å². The first-order valence-electron chi connectivity index (χ1n) is 13.1. The largest absolute Gasteiger partial charge is 0.493 e. The monoisotopic (exact) mass is 574 g/mol. The first-order chi connectivity index (χ1) is 19.0. The summed E-state index contributed by atoms with van der Waals surface area (Å²) in [5.74, 6) is 0.214. The van der Waals surface area contributed by atoms with Gasteiger partial charge in [-0.2, -0.15) is 0 Å². The maximum atomic E-state index is 10.7. The molecule has 2 N–H and O–H groups in total. The number of aromatic hydroxyl groups is 1. The molecule has 0 radical (unpaired) electrons. The molecule has 2 aromatic carbocycles. The van der Waals surface area contributed by atoms with Gasteiger partial charge in [-0.15, -0.1) is 11.3 Å². The van der Waals surface area contributed by atoms with E-state index in [9.17, 15) is 5.11 Å². The van der Waals surface area contributed by atoms with E-state index < -0.39 is 0 Å². The molecule has 2 aliphatic heterocycles. The van der Waals surface area contributed by atoms with Crippen LogP contribution >= 0.6 is 35.3 Å². The molecule has 0 unspecified atom stereocenters. The summed E-state index contributed by atoms with van der Waals surface area (Å²) in [6, 6.07) is 19.3. The van der Waals surface area contributed by atoms with Gasteiger partial charge in [-0.25, -0.2) is 9.98 Å². The number of hydrogen-bond donors (Lipinski definition) is 2. The third-order valence-electron chi connectivity index (χ3n) is 7.03. The Morgan fingerprint density at radius 3 is 2.69 bits per heavy atom. The van der Waals surface area contributed by atoms with Gasteiger partial charge in [0.05, 0.1) is 4.90 Å². The molecule has 0 amide bonds. The average Bonchev–Trinajstić information content (AvgIpc) is 3.67. The zero-order valence-corrected chi connectivity index (χ0v) is 24.4. The average molecular weight is 575 g/mol. The fraction of sp³-hybridized carbons (Fsp3) is 0.276. The molecule has 0 spiro atoms. The Morgan fingerprint density at radius 1 is 1.10 bits per heavy atom. The highest BCUT2D eigenvalue weighted by atomic mass is 32.2. The Morgan fingerprint density at radius 2 is 1.92 bits per heavy atom. The van der Waals surface area contributed by atoms with Gasteiger partial charge in [0.2, 0.25) is 5.88 Å². The van der Waals surface area contributed by atoms with Crippen molar-refractivity contribution >= 4 is 57.9 Å². The number of thioether (sulfide) groups is 1. The Kier molecular flexibility index (Phi) is 7.33. The summed E-state index contributed by atoms with van der Waals surface area (Å²) in [5.41, 5.74) is 5.86. The lowest BCUT2D eigenvalue weighted by Crippen LogP contribution is -2.19. The Balaban J connectivity index is 1.12. The van der Waals surface area contributed by atoms with Gasteiger partial charge >= 0.3 is 0 Å². The molecule has 0 saturated heterocycles. The van der Waals surface area contributed by atoms with Gasteiger partial charge in [0.15, 0.2) is 9.94 Å². The summed E-state index contributed by atoms with van der Waals surface area (Å²) in [5, 5.41) is 14.9. The first kappa shape index (κ1) is 25.9. The van der Waals surface area contributed by atoms with Crippen LogP contribution in [0.1, 0.15) is 30.7 Å². The molecule has 2 aromatic heterocycles. The van der Waals surface area contributed by atoms with E-state index >= 15 is 0 Å². The summed E-state index contributed by atoms with van der Waals surface area (Å²) in [4.78, 5) is 12.9. The molecule has 0 saturated carbocycles. The Labute approximate surface area is 240 Å². The van der Waals surface area contributed by atoms with Crippen LogP contribution in [0.3, 0.4) is 0 Å². The predicted octanol–water partition coefficient (Wildman–Crippen LogP) is 5.37. The van der Waals surface area contributed by atoms with Crippen LogP contribution in [-0.4, -0.2) is 32.6 Å². The van der Waals surface area contributed by atoms with Crippen LogP contribution in [0.2, 0.25) is 0 Å². The molecule has 2 aliphatic rings. The lowest BCUT2D eigenvalue weighted by atomic mass is 10.1. The van der Waals surface area contributed by atoms with Gasteiger partial charge in [-0.1, -0.05) is 30.3 Å². The lowest BCUT2D eigenvalue weighted by molar-refractivity contribution is 0.419. The van der Waals surface area contributed by atoms with E-state index in [1.54, 1.807) is 27.7 Å². The quantitative estimate of drug-likeness (QED) is 0.277. The summed E-state index contributed by atoms with van der Waals surface area (Å²) < 4.78 is 6.35. The highest BCUT2D eigenvalue weighted by Crippen LogP contribution is 2.32. The number of fused-ring (bicyclic) bond motifs is 2. The van der Waals surface area contributed by atoms with Crippen molar-refractivity contribution in [2.24, 2.45) is 9.98 Å². The Hall–Kier alpha value is -3.34. The van der Waals surface area contributed by atoms with Gasteiger partial charge in [0.25, 0.3) is 0 Å². The van der Waals surface area contributed by atoms with Gasteiger partial charge < -0.3 is 19.9 Å². The van der Waals surface area contributed by atoms with Crippen molar-refractivity contribution in [2.75, 3.05) is 23.4 Å². The van der Waals surface area contributed by atoms with Crippen molar-refractivity contribution in [3.8, 4) is 5.88 Å². The van der Waals surface area contributed by atoms with Crippen molar-refractivity contribution in [3.63, 3.8) is 0 Å². The normalized spacial score (nSPS) is 15.6. The zero-order valence-electron chi connectivity index (χ0n) is 21.9. The molecule has 200 valence electrons.